The second-order valence-electron chi connectivity index (χ2n) is 15.2. The Morgan fingerprint density at radius 3 is 1.49 bits per heavy atom. The van der Waals surface area contributed by atoms with Crippen molar-refractivity contribution in [2.24, 2.45) is 0 Å². The molecule has 11 rings (SSSR count). The molecule has 0 atom stereocenters. The van der Waals surface area contributed by atoms with Crippen molar-refractivity contribution >= 4 is 32.3 Å². The monoisotopic (exact) mass is 701 g/mol. The van der Waals surface area contributed by atoms with Gasteiger partial charge in [-0.2, -0.15) is 0 Å². The van der Waals surface area contributed by atoms with Crippen molar-refractivity contribution in [3.8, 4) is 67.5 Å². The third-order valence-corrected chi connectivity index (χ3v) is 11.7. The Morgan fingerprint density at radius 2 is 0.855 bits per heavy atom. The summed E-state index contributed by atoms with van der Waals surface area (Å²) in [5.74, 6) is 1.98. The molecule has 0 spiro atoms. The Morgan fingerprint density at radius 1 is 0.345 bits per heavy atom. The maximum Gasteiger partial charge on any atom is 0.164 e. The van der Waals surface area contributed by atoms with Gasteiger partial charge in [0.1, 0.15) is 0 Å². The number of fused-ring (bicyclic) bond motifs is 3. The molecule has 0 N–H and O–H groups in total. The highest BCUT2D eigenvalue weighted by atomic mass is 15.0. The van der Waals surface area contributed by atoms with E-state index in [4.69, 9.17) is 15.0 Å². The second-order valence-corrected chi connectivity index (χ2v) is 15.2. The fourth-order valence-electron chi connectivity index (χ4n) is 8.92. The lowest BCUT2D eigenvalue weighted by molar-refractivity contribution is 0.661. The Bertz CT molecular complexity index is 3020. The van der Waals surface area contributed by atoms with Gasteiger partial charge < -0.3 is 0 Å². The maximum absolute atomic E-state index is 5.15. The zero-order valence-corrected chi connectivity index (χ0v) is 30.6. The van der Waals surface area contributed by atoms with Crippen LogP contribution in [0.5, 0.6) is 0 Å². The smallest absolute Gasteiger partial charge is 0.164 e. The van der Waals surface area contributed by atoms with Crippen LogP contribution in [-0.2, 0) is 5.41 Å². The van der Waals surface area contributed by atoms with Crippen LogP contribution in [0, 0.1) is 0 Å². The molecule has 0 saturated heterocycles. The summed E-state index contributed by atoms with van der Waals surface area (Å²) in [4.78, 5) is 15.3. The minimum absolute atomic E-state index is 0.290. The van der Waals surface area contributed by atoms with Gasteiger partial charge in [-0.05, 0) is 95.0 Å². The Hall–Kier alpha value is -6.97. The zero-order valence-electron chi connectivity index (χ0n) is 30.6. The van der Waals surface area contributed by atoms with Gasteiger partial charge in [0.25, 0.3) is 0 Å². The summed E-state index contributed by atoms with van der Waals surface area (Å²) in [6, 6.07) is 63.2. The largest absolute Gasteiger partial charge is 0.208 e. The van der Waals surface area contributed by atoms with E-state index in [-0.39, 0.29) is 5.41 Å². The first-order valence-corrected chi connectivity index (χ1v) is 18.9. The number of benzene rings is 9. The molecule has 1 aliphatic carbocycles. The molecule has 1 heterocycles. The van der Waals surface area contributed by atoms with Crippen molar-refractivity contribution in [1.29, 1.82) is 0 Å². The molecule has 3 nitrogen and oxygen atoms in total. The molecule has 55 heavy (non-hydrogen) atoms. The molecule has 1 aliphatic rings. The van der Waals surface area contributed by atoms with Crippen molar-refractivity contribution in [3.63, 3.8) is 0 Å². The minimum atomic E-state index is -0.290. The highest BCUT2D eigenvalue weighted by molar-refractivity contribution is 6.25. The van der Waals surface area contributed by atoms with Gasteiger partial charge in [0, 0.05) is 22.1 Å². The fourth-order valence-corrected chi connectivity index (χ4v) is 8.92. The average Bonchev–Trinajstić information content (AvgIpc) is 3.48. The van der Waals surface area contributed by atoms with Crippen LogP contribution in [-0.4, -0.2) is 15.0 Å². The molecule has 0 saturated carbocycles. The summed E-state index contributed by atoms with van der Waals surface area (Å²) < 4.78 is 0. The molecule has 0 amide bonds. The summed E-state index contributed by atoms with van der Waals surface area (Å²) in [5.41, 5.74) is 12.6. The molecular weight excluding hydrogens is 667 g/mol. The van der Waals surface area contributed by atoms with Gasteiger partial charge in [0.05, 0.1) is 0 Å². The van der Waals surface area contributed by atoms with Crippen molar-refractivity contribution in [1.82, 2.24) is 15.0 Å². The molecule has 10 aromatic rings. The van der Waals surface area contributed by atoms with Crippen LogP contribution in [0.25, 0.3) is 99.9 Å². The first-order chi connectivity index (χ1) is 27.0. The van der Waals surface area contributed by atoms with Crippen molar-refractivity contribution in [2.45, 2.75) is 19.3 Å². The minimum Gasteiger partial charge on any atom is -0.208 e. The molecule has 0 aliphatic heterocycles. The Balaban J connectivity index is 1.12. The zero-order chi connectivity index (χ0) is 36.7. The predicted octanol–water partition coefficient (Wildman–Crippen LogP) is 13.4. The molecule has 258 valence electrons. The van der Waals surface area contributed by atoms with Crippen LogP contribution in [0.1, 0.15) is 25.0 Å². The van der Waals surface area contributed by atoms with Gasteiger partial charge in [0.15, 0.2) is 17.5 Å². The van der Waals surface area contributed by atoms with Gasteiger partial charge in [-0.15, -0.1) is 0 Å². The standard InChI is InChI=1S/C52H35N3/c1-52(2)44-30-38(40-26-23-35-22-21-33-19-12-20-34-24-27-41(40)47(35)46(33)34)25-28-42(44)48-43(32-13-6-3-7-14-32)29-39(31-45(48)52)51-54-49(36-15-8-4-9-16-36)53-50(55-51)37-17-10-5-11-18-37/h3-31H,1-2H3. The summed E-state index contributed by atoms with van der Waals surface area (Å²) in [6.45, 7) is 4.73. The number of aromatic nitrogens is 3. The number of nitrogens with zero attached hydrogens (tertiary/aromatic N) is 3. The lowest BCUT2D eigenvalue weighted by atomic mass is 9.80. The van der Waals surface area contributed by atoms with E-state index in [1.165, 1.54) is 76.8 Å². The topological polar surface area (TPSA) is 38.7 Å². The first-order valence-electron chi connectivity index (χ1n) is 18.9. The van der Waals surface area contributed by atoms with Crippen LogP contribution >= 0.6 is 0 Å². The first kappa shape index (κ1) is 31.5. The van der Waals surface area contributed by atoms with Crippen molar-refractivity contribution < 1.29 is 0 Å². The highest BCUT2D eigenvalue weighted by Crippen LogP contribution is 2.54. The molecule has 9 aromatic carbocycles. The lowest BCUT2D eigenvalue weighted by Gasteiger charge is -2.23. The number of hydrogen-bond donors (Lipinski definition) is 0. The van der Waals surface area contributed by atoms with E-state index in [2.05, 4.69) is 153 Å². The number of hydrogen-bond acceptors (Lipinski definition) is 3. The summed E-state index contributed by atoms with van der Waals surface area (Å²) in [5, 5.41) is 7.83. The van der Waals surface area contributed by atoms with E-state index in [1.54, 1.807) is 0 Å². The normalized spacial score (nSPS) is 13.1. The fraction of sp³-hybridized carbons (Fsp3) is 0.0577. The summed E-state index contributed by atoms with van der Waals surface area (Å²) in [6.07, 6.45) is 0. The van der Waals surface area contributed by atoms with E-state index in [0.717, 1.165) is 16.7 Å². The number of rotatable bonds is 5. The maximum atomic E-state index is 5.15. The molecule has 0 bridgehead atoms. The molecule has 3 heteroatoms. The Labute approximate surface area is 320 Å². The van der Waals surface area contributed by atoms with E-state index >= 15 is 0 Å². The van der Waals surface area contributed by atoms with E-state index in [1.807, 2.05) is 36.4 Å². The molecule has 0 radical (unpaired) electrons. The van der Waals surface area contributed by atoms with Crippen LogP contribution < -0.4 is 0 Å². The van der Waals surface area contributed by atoms with E-state index < -0.39 is 0 Å². The molecule has 0 unspecified atom stereocenters. The second kappa shape index (κ2) is 12.0. The van der Waals surface area contributed by atoms with Crippen molar-refractivity contribution in [2.75, 3.05) is 0 Å². The van der Waals surface area contributed by atoms with Crippen LogP contribution in [0.3, 0.4) is 0 Å². The SMILES string of the molecule is CC1(C)c2cc(-c3ccc4ccc5cccc6ccc3c4c56)ccc2-c2c(-c3ccccc3)cc(-c3nc(-c4ccccc4)nc(-c4ccccc4)n3)cc21. The van der Waals surface area contributed by atoms with Gasteiger partial charge >= 0.3 is 0 Å². The van der Waals surface area contributed by atoms with Crippen LogP contribution in [0.2, 0.25) is 0 Å². The van der Waals surface area contributed by atoms with Crippen molar-refractivity contribution in [3.05, 3.63) is 187 Å². The molecule has 0 fully saturated rings. The Kier molecular flexibility index (Phi) is 6.90. The quantitative estimate of drug-likeness (QED) is 0.168. The summed E-state index contributed by atoms with van der Waals surface area (Å²) >= 11 is 0. The predicted molar refractivity (Wildman–Crippen MR) is 228 cm³/mol. The van der Waals surface area contributed by atoms with Crippen LogP contribution in [0.15, 0.2) is 176 Å². The highest BCUT2D eigenvalue weighted by Gasteiger charge is 2.38. The van der Waals surface area contributed by atoms with Gasteiger partial charge in [-0.25, -0.2) is 15.0 Å². The van der Waals surface area contributed by atoms with Gasteiger partial charge in [-0.1, -0.05) is 172 Å². The molecular formula is C52H35N3. The lowest BCUT2D eigenvalue weighted by Crippen LogP contribution is -2.15. The van der Waals surface area contributed by atoms with Gasteiger partial charge in [0.2, 0.25) is 0 Å². The van der Waals surface area contributed by atoms with Gasteiger partial charge in [-0.3, -0.25) is 0 Å². The average molecular weight is 702 g/mol. The third kappa shape index (κ3) is 4.93. The van der Waals surface area contributed by atoms with Crippen LogP contribution in [0.4, 0.5) is 0 Å². The third-order valence-electron chi connectivity index (χ3n) is 11.7. The van der Waals surface area contributed by atoms with E-state index in [9.17, 15) is 0 Å². The summed E-state index contributed by atoms with van der Waals surface area (Å²) in [7, 11) is 0. The van der Waals surface area contributed by atoms with E-state index in [0.29, 0.717) is 17.5 Å². The molecule has 1 aromatic heterocycles.